The van der Waals surface area contributed by atoms with E-state index in [-0.39, 0.29) is 30.8 Å². The minimum atomic E-state index is -0.583. The highest BCUT2D eigenvalue weighted by molar-refractivity contribution is 5.85. The van der Waals surface area contributed by atoms with Crippen molar-refractivity contribution in [3.8, 4) is 0 Å². The summed E-state index contributed by atoms with van der Waals surface area (Å²) in [4.78, 5) is 14.1. The molecule has 0 aliphatic carbocycles. The summed E-state index contributed by atoms with van der Waals surface area (Å²) >= 11 is 0. The molecule has 1 aromatic rings. The largest absolute Gasteiger partial charge is 0.463 e. The van der Waals surface area contributed by atoms with Gasteiger partial charge in [-0.3, -0.25) is 9.69 Å². The van der Waals surface area contributed by atoms with Crippen molar-refractivity contribution in [1.82, 2.24) is 10.2 Å². The first kappa shape index (κ1) is 21.1. The van der Waals surface area contributed by atoms with Crippen LogP contribution in [0.3, 0.4) is 0 Å². The highest BCUT2D eigenvalue weighted by atomic mass is 35.5. The van der Waals surface area contributed by atoms with Gasteiger partial charge in [-0.15, -0.1) is 24.8 Å². The predicted octanol–water partition coefficient (Wildman–Crippen LogP) is 0.848. The van der Waals surface area contributed by atoms with Crippen LogP contribution in [0.5, 0.6) is 0 Å². The van der Waals surface area contributed by atoms with Gasteiger partial charge in [0.25, 0.3) is 0 Å². The fourth-order valence-electron chi connectivity index (χ4n) is 2.27. The SMILES string of the molecule is Cl.Cl.N[C@@H](Cc1ccccc1)C(=O)OCCN1CCNCC1. The van der Waals surface area contributed by atoms with Crippen LogP contribution < -0.4 is 11.1 Å². The first-order valence-corrected chi connectivity index (χ1v) is 7.15. The fraction of sp³-hybridized carbons (Fsp3) is 0.533. The lowest BCUT2D eigenvalue weighted by Crippen LogP contribution is -2.45. The number of hydrogen-bond acceptors (Lipinski definition) is 5. The number of benzene rings is 1. The smallest absolute Gasteiger partial charge is 0.323 e. The number of halogens is 2. The molecule has 0 aromatic heterocycles. The molecule has 0 amide bonds. The molecule has 1 atom stereocenters. The van der Waals surface area contributed by atoms with Crippen molar-refractivity contribution in [1.29, 1.82) is 0 Å². The van der Waals surface area contributed by atoms with E-state index in [1.807, 2.05) is 30.3 Å². The number of nitrogens with zero attached hydrogens (tertiary/aromatic N) is 1. The minimum Gasteiger partial charge on any atom is -0.463 e. The molecule has 126 valence electrons. The van der Waals surface area contributed by atoms with Crippen LogP contribution in [0.25, 0.3) is 0 Å². The third kappa shape index (κ3) is 7.42. The van der Waals surface area contributed by atoms with Gasteiger partial charge < -0.3 is 15.8 Å². The number of esters is 1. The average Bonchev–Trinajstić information content (AvgIpc) is 2.49. The van der Waals surface area contributed by atoms with Crippen molar-refractivity contribution >= 4 is 30.8 Å². The van der Waals surface area contributed by atoms with Crippen LogP contribution in [0.4, 0.5) is 0 Å². The molecular formula is C15H25Cl2N3O2. The molecule has 1 aliphatic rings. The topological polar surface area (TPSA) is 67.6 Å². The van der Waals surface area contributed by atoms with Gasteiger partial charge in [-0.1, -0.05) is 30.3 Å². The molecule has 22 heavy (non-hydrogen) atoms. The van der Waals surface area contributed by atoms with Crippen LogP contribution >= 0.6 is 24.8 Å². The summed E-state index contributed by atoms with van der Waals surface area (Å²) in [5.74, 6) is -0.316. The zero-order valence-corrected chi connectivity index (χ0v) is 14.2. The summed E-state index contributed by atoms with van der Waals surface area (Å²) in [6.07, 6.45) is 0.521. The van der Waals surface area contributed by atoms with Crippen LogP contribution in [0.15, 0.2) is 30.3 Å². The Bertz CT molecular complexity index is 415. The average molecular weight is 350 g/mol. The van der Waals surface area contributed by atoms with Crippen molar-refractivity contribution in [2.45, 2.75) is 12.5 Å². The quantitative estimate of drug-likeness (QED) is 0.745. The van der Waals surface area contributed by atoms with E-state index < -0.39 is 6.04 Å². The lowest BCUT2D eigenvalue weighted by Gasteiger charge is -2.26. The highest BCUT2D eigenvalue weighted by Crippen LogP contribution is 2.03. The second-order valence-corrected chi connectivity index (χ2v) is 5.06. The lowest BCUT2D eigenvalue weighted by molar-refractivity contribution is -0.145. The number of carbonyl (C=O) groups excluding carboxylic acids is 1. The zero-order chi connectivity index (χ0) is 14.2. The van der Waals surface area contributed by atoms with Crippen molar-refractivity contribution in [2.24, 2.45) is 5.73 Å². The second-order valence-electron chi connectivity index (χ2n) is 5.06. The van der Waals surface area contributed by atoms with Gasteiger partial charge in [-0.2, -0.15) is 0 Å². The Labute approximate surface area is 144 Å². The van der Waals surface area contributed by atoms with Crippen LogP contribution in [-0.4, -0.2) is 56.2 Å². The predicted molar refractivity (Wildman–Crippen MR) is 92.9 cm³/mol. The monoisotopic (exact) mass is 349 g/mol. The molecule has 7 heteroatoms. The van der Waals surface area contributed by atoms with Crippen molar-refractivity contribution in [3.63, 3.8) is 0 Å². The Morgan fingerprint density at radius 1 is 1.23 bits per heavy atom. The standard InChI is InChI=1S/C15H23N3O2.2ClH/c16-14(12-13-4-2-1-3-5-13)15(19)20-11-10-18-8-6-17-7-9-18;;/h1-5,14,17H,6-12,16H2;2*1H/t14-;;/m0../s1. The molecule has 0 unspecified atom stereocenters. The molecule has 3 N–H and O–H groups in total. The molecule has 1 fully saturated rings. The molecule has 5 nitrogen and oxygen atoms in total. The van der Waals surface area contributed by atoms with Gasteiger partial charge in [0.15, 0.2) is 0 Å². The molecule has 1 aliphatic heterocycles. The number of hydrogen-bond donors (Lipinski definition) is 2. The molecule has 2 rings (SSSR count). The number of nitrogens with one attached hydrogen (secondary N) is 1. The summed E-state index contributed by atoms with van der Waals surface area (Å²) in [5, 5.41) is 3.29. The van der Waals surface area contributed by atoms with E-state index in [0.717, 1.165) is 38.3 Å². The van der Waals surface area contributed by atoms with E-state index in [1.54, 1.807) is 0 Å². The van der Waals surface area contributed by atoms with Gasteiger partial charge in [0.05, 0.1) is 0 Å². The number of nitrogens with two attached hydrogens (primary N) is 1. The van der Waals surface area contributed by atoms with E-state index in [4.69, 9.17) is 10.5 Å². The number of piperazine rings is 1. The maximum absolute atomic E-state index is 11.8. The van der Waals surface area contributed by atoms with E-state index in [1.165, 1.54) is 0 Å². The van der Waals surface area contributed by atoms with Crippen molar-refractivity contribution in [3.05, 3.63) is 35.9 Å². The molecule has 0 bridgehead atoms. The first-order chi connectivity index (χ1) is 9.75. The first-order valence-electron chi connectivity index (χ1n) is 7.15. The Balaban J connectivity index is 0.00000220. The molecule has 1 heterocycles. The summed E-state index contributed by atoms with van der Waals surface area (Å²) in [5.41, 5.74) is 6.93. The lowest BCUT2D eigenvalue weighted by atomic mass is 10.1. The summed E-state index contributed by atoms with van der Waals surface area (Å²) in [6, 6.07) is 9.18. The van der Waals surface area contributed by atoms with Crippen LogP contribution in [0.1, 0.15) is 5.56 Å². The number of ether oxygens (including phenoxy) is 1. The number of rotatable bonds is 6. The Hall–Kier alpha value is -0.850. The zero-order valence-electron chi connectivity index (χ0n) is 12.6. The van der Waals surface area contributed by atoms with Gasteiger partial charge in [0, 0.05) is 32.7 Å². The van der Waals surface area contributed by atoms with Gasteiger partial charge in [0.2, 0.25) is 0 Å². The Morgan fingerprint density at radius 2 is 1.86 bits per heavy atom. The molecule has 0 radical (unpaired) electrons. The third-order valence-corrected chi connectivity index (χ3v) is 3.46. The summed E-state index contributed by atoms with van der Waals surface area (Å²) in [7, 11) is 0. The Morgan fingerprint density at radius 3 is 2.50 bits per heavy atom. The van der Waals surface area contributed by atoms with E-state index in [2.05, 4.69) is 10.2 Å². The normalized spacial score (nSPS) is 16.0. The van der Waals surface area contributed by atoms with Gasteiger partial charge in [-0.05, 0) is 12.0 Å². The van der Waals surface area contributed by atoms with Crippen LogP contribution in [0, 0.1) is 0 Å². The van der Waals surface area contributed by atoms with Crippen molar-refractivity contribution < 1.29 is 9.53 Å². The van der Waals surface area contributed by atoms with Gasteiger partial charge in [-0.25, -0.2) is 0 Å². The van der Waals surface area contributed by atoms with Gasteiger partial charge in [0.1, 0.15) is 12.6 Å². The number of carbonyl (C=O) groups is 1. The molecule has 1 aromatic carbocycles. The fourth-order valence-corrected chi connectivity index (χ4v) is 2.27. The molecule has 0 spiro atoms. The van der Waals surface area contributed by atoms with E-state index in [0.29, 0.717) is 13.0 Å². The van der Waals surface area contributed by atoms with Crippen LogP contribution in [0.2, 0.25) is 0 Å². The minimum absolute atomic E-state index is 0. The maximum atomic E-state index is 11.8. The van der Waals surface area contributed by atoms with E-state index >= 15 is 0 Å². The maximum Gasteiger partial charge on any atom is 0.323 e. The molecular weight excluding hydrogens is 325 g/mol. The summed E-state index contributed by atoms with van der Waals surface area (Å²) < 4.78 is 5.25. The van der Waals surface area contributed by atoms with Gasteiger partial charge >= 0.3 is 5.97 Å². The molecule has 1 saturated heterocycles. The molecule has 0 saturated carbocycles. The highest BCUT2D eigenvalue weighted by Gasteiger charge is 2.16. The third-order valence-electron chi connectivity index (χ3n) is 3.46. The van der Waals surface area contributed by atoms with Crippen molar-refractivity contribution in [2.75, 3.05) is 39.3 Å². The van der Waals surface area contributed by atoms with Crippen LogP contribution in [-0.2, 0) is 16.0 Å². The Kier molecular flexibility index (Phi) is 11.2. The summed E-state index contributed by atoms with van der Waals surface area (Å²) in [6.45, 7) is 5.22. The second kappa shape index (κ2) is 11.7. The van der Waals surface area contributed by atoms with E-state index in [9.17, 15) is 4.79 Å².